The number of nitrogens with zero attached hydrogens (tertiary/aromatic N) is 2. The number of hydrogen-bond donors (Lipinski definition) is 2. The Kier molecular flexibility index (Phi) is 4.57. The lowest BCUT2D eigenvalue weighted by molar-refractivity contribution is -0.141. The second-order valence-electron chi connectivity index (χ2n) is 5.72. The molecule has 2 heterocycles. The Morgan fingerprint density at radius 1 is 1.29 bits per heavy atom. The number of amides is 1. The highest BCUT2D eigenvalue weighted by Gasteiger charge is 2.33. The molecule has 5 nitrogen and oxygen atoms in total. The first-order valence-corrected chi connectivity index (χ1v) is 7.64. The monoisotopic (exact) mass is 338 g/mol. The fourth-order valence-corrected chi connectivity index (χ4v) is 2.60. The number of alkyl halides is 3. The first kappa shape index (κ1) is 16.5. The number of aromatic nitrogens is 2. The summed E-state index contributed by atoms with van der Waals surface area (Å²) >= 11 is 0. The Morgan fingerprint density at radius 2 is 2.04 bits per heavy atom. The summed E-state index contributed by atoms with van der Waals surface area (Å²) in [4.78, 5) is 11.9. The van der Waals surface area contributed by atoms with Crippen molar-refractivity contribution in [1.82, 2.24) is 20.4 Å². The lowest BCUT2D eigenvalue weighted by Gasteiger charge is -2.10. The molecule has 1 saturated heterocycles. The maximum atomic E-state index is 12.6. The van der Waals surface area contributed by atoms with E-state index in [1.807, 2.05) is 0 Å². The molecular formula is C16H17F3N4O. The van der Waals surface area contributed by atoms with Crippen LogP contribution in [-0.2, 0) is 17.5 Å². The number of hydrogen-bond acceptors (Lipinski definition) is 3. The van der Waals surface area contributed by atoms with Crippen LogP contribution in [0.15, 0.2) is 36.5 Å². The zero-order valence-electron chi connectivity index (χ0n) is 12.8. The van der Waals surface area contributed by atoms with Gasteiger partial charge in [-0.1, -0.05) is 12.1 Å². The molecule has 1 amide bonds. The van der Waals surface area contributed by atoms with E-state index in [2.05, 4.69) is 15.7 Å². The largest absolute Gasteiger partial charge is 0.435 e. The predicted octanol–water partition coefficient (Wildman–Crippen LogP) is 2.12. The standard InChI is InChI=1S/C16H17F3N4O/c17-16(18,19)14-6-8-23(22-14)13-3-1-11(2-4-13)9-21-15(24)12-5-7-20-10-12/h1-4,6,8,12,20H,5,7,9-10H2,(H,21,24). The minimum absolute atomic E-state index is 0.00846. The van der Waals surface area contributed by atoms with Gasteiger partial charge in [0.25, 0.3) is 0 Å². The molecule has 1 unspecified atom stereocenters. The van der Waals surface area contributed by atoms with E-state index in [9.17, 15) is 18.0 Å². The second-order valence-corrected chi connectivity index (χ2v) is 5.72. The molecule has 1 aliphatic heterocycles. The van der Waals surface area contributed by atoms with Crippen molar-refractivity contribution in [3.63, 3.8) is 0 Å². The molecule has 0 spiro atoms. The Hall–Kier alpha value is -2.35. The molecule has 8 heteroatoms. The topological polar surface area (TPSA) is 59.0 Å². The Morgan fingerprint density at radius 3 is 2.62 bits per heavy atom. The number of halogens is 3. The van der Waals surface area contributed by atoms with Gasteiger partial charge in [-0.15, -0.1) is 0 Å². The van der Waals surface area contributed by atoms with Crippen LogP contribution in [-0.4, -0.2) is 28.8 Å². The van der Waals surface area contributed by atoms with Gasteiger partial charge in [0, 0.05) is 19.3 Å². The highest BCUT2D eigenvalue weighted by Crippen LogP contribution is 2.27. The quantitative estimate of drug-likeness (QED) is 0.898. The third kappa shape index (κ3) is 3.76. The maximum Gasteiger partial charge on any atom is 0.435 e. The molecule has 128 valence electrons. The summed E-state index contributed by atoms with van der Waals surface area (Å²) in [7, 11) is 0. The Balaban J connectivity index is 1.61. The van der Waals surface area contributed by atoms with Gasteiger partial charge >= 0.3 is 6.18 Å². The van der Waals surface area contributed by atoms with Crippen LogP contribution in [0.5, 0.6) is 0 Å². The van der Waals surface area contributed by atoms with Crippen molar-refractivity contribution in [3.05, 3.63) is 47.8 Å². The van der Waals surface area contributed by atoms with Crippen LogP contribution in [0.1, 0.15) is 17.7 Å². The molecular weight excluding hydrogens is 321 g/mol. The van der Waals surface area contributed by atoms with Gasteiger partial charge < -0.3 is 10.6 Å². The molecule has 1 fully saturated rings. The van der Waals surface area contributed by atoms with Crippen LogP contribution in [0, 0.1) is 5.92 Å². The van der Waals surface area contributed by atoms with E-state index in [1.165, 1.54) is 10.9 Å². The van der Waals surface area contributed by atoms with E-state index in [-0.39, 0.29) is 11.8 Å². The van der Waals surface area contributed by atoms with Gasteiger partial charge in [-0.2, -0.15) is 18.3 Å². The normalized spacial score (nSPS) is 17.9. The molecule has 1 atom stereocenters. The molecule has 2 N–H and O–H groups in total. The summed E-state index contributed by atoms with van der Waals surface area (Å²) in [5.41, 5.74) is 0.478. The van der Waals surface area contributed by atoms with E-state index in [0.717, 1.165) is 24.6 Å². The zero-order valence-corrected chi connectivity index (χ0v) is 12.8. The van der Waals surface area contributed by atoms with Crippen LogP contribution in [0.4, 0.5) is 13.2 Å². The molecule has 24 heavy (non-hydrogen) atoms. The highest BCUT2D eigenvalue weighted by atomic mass is 19.4. The zero-order chi connectivity index (χ0) is 17.2. The van der Waals surface area contributed by atoms with Crippen molar-refractivity contribution in [2.24, 2.45) is 5.92 Å². The van der Waals surface area contributed by atoms with Crippen LogP contribution >= 0.6 is 0 Å². The first-order valence-electron chi connectivity index (χ1n) is 7.64. The van der Waals surface area contributed by atoms with Crippen LogP contribution in [0.2, 0.25) is 0 Å². The van der Waals surface area contributed by atoms with E-state index in [1.54, 1.807) is 24.3 Å². The van der Waals surface area contributed by atoms with E-state index in [0.29, 0.717) is 18.8 Å². The number of nitrogens with one attached hydrogen (secondary N) is 2. The van der Waals surface area contributed by atoms with Gasteiger partial charge in [-0.3, -0.25) is 4.79 Å². The fraction of sp³-hybridized carbons (Fsp3) is 0.375. The summed E-state index contributed by atoms with van der Waals surface area (Å²) in [6, 6.07) is 7.80. The molecule has 1 aliphatic rings. The van der Waals surface area contributed by atoms with Crippen LogP contribution < -0.4 is 10.6 Å². The third-order valence-corrected chi connectivity index (χ3v) is 3.98. The van der Waals surface area contributed by atoms with Crippen LogP contribution in [0.3, 0.4) is 0 Å². The minimum atomic E-state index is -4.45. The number of carbonyl (C=O) groups is 1. The number of benzene rings is 1. The smallest absolute Gasteiger partial charge is 0.352 e. The van der Waals surface area contributed by atoms with Crippen LogP contribution in [0.25, 0.3) is 5.69 Å². The molecule has 1 aromatic heterocycles. The van der Waals surface area contributed by atoms with Gasteiger partial charge in [-0.25, -0.2) is 4.68 Å². The van der Waals surface area contributed by atoms with Gasteiger partial charge in [0.05, 0.1) is 11.6 Å². The molecule has 0 saturated carbocycles. The first-order chi connectivity index (χ1) is 11.4. The predicted molar refractivity (Wildman–Crippen MR) is 81.4 cm³/mol. The lowest BCUT2D eigenvalue weighted by Crippen LogP contribution is -2.31. The van der Waals surface area contributed by atoms with Gasteiger partial charge in [0.15, 0.2) is 5.69 Å². The van der Waals surface area contributed by atoms with E-state index < -0.39 is 11.9 Å². The van der Waals surface area contributed by atoms with E-state index >= 15 is 0 Å². The summed E-state index contributed by atoms with van der Waals surface area (Å²) in [5, 5.41) is 9.54. The van der Waals surface area contributed by atoms with Crippen molar-refractivity contribution < 1.29 is 18.0 Å². The molecule has 1 aromatic carbocycles. The SMILES string of the molecule is O=C(NCc1ccc(-n2ccc(C(F)(F)F)n2)cc1)C1CCNC1. The highest BCUT2D eigenvalue weighted by molar-refractivity contribution is 5.79. The second kappa shape index (κ2) is 6.64. The maximum absolute atomic E-state index is 12.6. The molecule has 0 radical (unpaired) electrons. The van der Waals surface area contributed by atoms with Crippen molar-refractivity contribution in [3.8, 4) is 5.69 Å². The number of rotatable bonds is 4. The Labute approximate surface area is 136 Å². The molecule has 3 rings (SSSR count). The van der Waals surface area contributed by atoms with E-state index in [4.69, 9.17) is 0 Å². The summed E-state index contributed by atoms with van der Waals surface area (Å²) in [6.07, 6.45) is -2.34. The van der Waals surface area contributed by atoms with Crippen molar-refractivity contribution >= 4 is 5.91 Å². The molecule has 0 bridgehead atoms. The number of carbonyl (C=O) groups excluding carboxylic acids is 1. The minimum Gasteiger partial charge on any atom is -0.352 e. The Bertz CT molecular complexity index is 703. The van der Waals surface area contributed by atoms with Crippen molar-refractivity contribution in [2.75, 3.05) is 13.1 Å². The molecule has 0 aliphatic carbocycles. The lowest BCUT2D eigenvalue weighted by atomic mass is 10.1. The fourth-order valence-electron chi connectivity index (χ4n) is 2.60. The average Bonchev–Trinajstić information content (AvgIpc) is 3.23. The summed E-state index contributed by atoms with van der Waals surface area (Å²) in [6.45, 7) is 1.95. The summed E-state index contributed by atoms with van der Waals surface area (Å²) < 4.78 is 38.9. The van der Waals surface area contributed by atoms with Gasteiger partial charge in [-0.05, 0) is 36.7 Å². The van der Waals surface area contributed by atoms with Gasteiger partial charge in [0.1, 0.15) is 0 Å². The van der Waals surface area contributed by atoms with Crippen molar-refractivity contribution in [2.45, 2.75) is 19.1 Å². The molecule has 2 aromatic rings. The van der Waals surface area contributed by atoms with Gasteiger partial charge in [0.2, 0.25) is 5.91 Å². The third-order valence-electron chi connectivity index (χ3n) is 3.98. The average molecular weight is 338 g/mol. The summed E-state index contributed by atoms with van der Waals surface area (Å²) in [5.74, 6) is 0.0279. The van der Waals surface area contributed by atoms with Crippen molar-refractivity contribution in [1.29, 1.82) is 0 Å².